The highest BCUT2D eigenvalue weighted by Crippen LogP contribution is 1.39. The fraction of sp³-hybridized carbons (Fsp3) is 1.00. The van der Waals surface area contributed by atoms with Crippen molar-refractivity contribution in [2.24, 2.45) is 5.11 Å². The number of nitrogens with one attached hydrogen (secondary N) is 1. The Hall–Kier alpha value is -0.440. The molecule has 0 bridgehead atoms. The molecule has 4 heavy (non-hydrogen) atoms. The Kier molecular flexibility index (Phi) is 2.28. The van der Waals surface area contributed by atoms with E-state index in [1.807, 2.05) is 0 Å². The summed E-state index contributed by atoms with van der Waals surface area (Å²) in [5.41, 5.74) is 5.76. The molecule has 0 atom stereocenters. The summed E-state index contributed by atoms with van der Waals surface area (Å²) in [6.45, 7) is -0.639. The molecule has 24 valence electrons. The quantitative estimate of drug-likeness (QED) is 0.400. The molecule has 0 saturated carbocycles. The van der Waals surface area contributed by atoms with Crippen LogP contribution in [0.2, 0.25) is 0 Å². The fourth-order valence-corrected chi connectivity index (χ4v) is 0. The number of rotatable bonds is 1. The molecule has 0 aromatic carbocycles. The molecule has 0 aliphatic heterocycles. The van der Waals surface area contributed by atoms with Crippen LogP contribution in [0.4, 0.5) is 0 Å². The van der Waals surface area contributed by atoms with Crippen molar-refractivity contribution in [3.63, 3.8) is 0 Å². The molecule has 0 heterocycles. The van der Waals surface area contributed by atoms with E-state index in [9.17, 15) is 0 Å². The second kappa shape index (κ2) is 2.56. The van der Waals surface area contributed by atoms with Crippen LogP contribution in [0, 0.1) is 5.53 Å². The van der Waals surface area contributed by atoms with Crippen LogP contribution < -0.4 is 5.11 Å². The summed E-state index contributed by atoms with van der Waals surface area (Å²) >= 11 is 0. The first-order chi connectivity index (χ1) is 1.91. The first-order valence-electron chi connectivity index (χ1n) is 0.829. The van der Waals surface area contributed by atoms with Gasteiger partial charge in [-0.25, -0.2) is 10.6 Å². The highest BCUT2D eigenvalue weighted by molar-refractivity contribution is 3.85. The molecule has 0 radical (unpaired) electrons. The minimum atomic E-state index is -0.639. The van der Waals surface area contributed by atoms with E-state index < -0.39 is 6.73 Å². The van der Waals surface area contributed by atoms with Gasteiger partial charge in [0.15, 0.2) is 0 Å². The summed E-state index contributed by atoms with van der Waals surface area (Å²) in [5, 5.41) is 11.4. The maximum atomic E-state index is 8.94. The summed E-state index contributed by atoms with van der Waals surface area (Å²) in [4.78, 5) is 0. The predicted molar refractivity (Wildman–Crippen MR) is 10.0 cm³/mol. The molecule has 0 saturated heterocycles. The maximum Gasteiger partial charge on any atom is -0.0190 e. The number of hydrogen-bond donors (Lipinski definition) is 1. The lowest BCUT2D eigenvalue weighted by Crippen LogP contribution is -1.98. The molecule has 0 amide bonds. The van der Waals surface area contributed by atoms with Crippen molar-refractivity contribution in [3.05, 3.63) is 0 Å². The Morgan fingerprint density at radius 3 is 2.25 bits per heavy atom. The van der Waals surface area contributed by atoms with E-state index in [-0.39, 0.29) is 0 Å². The van der Waals surface area contributed by atoms with Gasteiger partial charge in [-0.05, 0) is 6.73 Å². The second-order valence-electron chi connectivity index (χ2n) is 0.287. The van der Waals surface area contributed by atoms with Gasteiger partial charge in [-0.15, -0.1) is 0 Å². The Labute approximate surface area is 23.8 Å². The van der Waals surface area contributed by atoms with Crippen LogP contribution in [0.25, 0.3) is 0 Å². The van der Waals surface area contributed by atoms with Crippen molar-refractivity contribution in [3.8, 4) is 0 Å². The molecule has 0 aromatic rings. The van der Waals surface area contributed by atoms with Crippen LogP contribution >= 0.6 is 0 Å². The summed E-state index contributed by atoms with van der Waals surface area (Å²) in [6, 6.07) is 0. The third-order valence-electron chi connectivity index (χ3n) is 0.0645. The molecule has 0 rings (SSSR count). The van der Waals surface area contributed by atoms with Crippen LogP contribution in [0.15, 0.2) is 5.11 Å². The SMILES string of the molecule is N=NC[O-]. The second-order valence-corrected chi connectivity index (χ2v) is 0.287. The lowest BCUT2D eigenvalue weighted by atomic mass is 11.4. The monoisotopic (exact) mass is 59.0 g/mol. The van der Waals surface area contributed by atoms with E-state index in [2.05, 4.69) is 5.11 Å². The van der Waals surface area contributed by atoms with E-state index >= 15 is 0 Å². The van der Waals surface area contributed by atoms with Crippen molar-refractivity contribution in [2.75, 3.05) is 6.73 Å². The van der Waals surface area contributed by atoms with Crippen LogP contribution in [0.3, 0.4) is 0 Å². The Morgan fingerprint density at radius 2 is 2.25 bits per heavy atom. The van der Waals surface area contributed by atoms with Crippen LogP contribution in [0.1, 0.15) is 0 Å². The maximum absolute atomic E-state index is 8.94. The minimum Gasteiger partial charge on any atom is -0.836 e. The molecule has 0 aromatic heterocycles. The Balaban J connectivity index is 2.30. The van der Waals surface area contributed by atoms with Gasteiger partial charge in [-0.1, -0.05) is 0 Å². The number of nitrogens with zero attached hydrogens (tertiary/aromatic N) is 1. The number of hydrogen-bond acceptors (Lipinski definition) is 3. The lowest BCUT2D eigenvalue weighted by Gasteiger charge is -1.82. The highest BCUT2D eigenvalue weighted by Gasteiger charge is 1.30. The van der Waals surface area contributed by atoms with Gasteiger partial charge in [0.1, 0.15) is 0 Å². The van der Waals surface area contributed by atoms with E-state index in [4.69, 9.17) is 10.6 Å². The van der Waals surface area contributed by atoms with Crippen molar-refractivity contribution in [2.45, 2.75) is 0 Å². The Bertz CT molecular complexity index is 20.0. The largest absolute Gasteiger partial charge is 0.836 e. The first kappa shape index (κ1) is 3.56. The normalized spacial score (nSPS) is 6.25. The zero-order chi connectivity index (χ0) is 3.41. The Morgan fingerprint density at radius 1 is 2.00 bits per heavy atom. The lowest BCUT2D eigenvalue weighted by molar-refractivity contribution is -0.366. The molecular weight excluding hydrogens is 56.0 g/mol. The van der Waals surface area contributed by atoms with Crippen molar-refractivity contribution in [1.82, 2.24) is 0 Å². The topological polar surface area (TPSA) is 59.3 Å². The third-order valence-corrected chi connectivity index (χ3v) is 0.0645. The van der Waals surface area contributed by atoms with Gasteiger partial charge < -0.3 is 5.11 Å². The van der Waals surface area contributed by atoms with Gasteiger partial charge in [0, 0.05) is 0 Å². The summed E-state index contributed by atoms with van der Waals surface area (Å²) in [5.74, 6) is 0. The zero-order valence-corrected chi connectivity index (χ0v) is 2.06. The van der Waals surface area contributed by atoms with E-state index in [1.165, 1.54) is 0 Å². The fourth-order valence-electron chi connectivity index (χ4n) is 0. The molecule has 3 nitrogen and oxygen atoms in total. The zero-order valence-electron chi connectivity index (χ0n) is 2.06. The molecule has 0 aliphatic rings. The molecular formula is CH3N2O-. The summed E-state index contributed by atoms with van der Waals surface area (Å²) in [6.07, 6.45) is 0. The molecule has 0 spiro atoms. The minimum absolute atomic E-state index is 0.639. The van der Waals surface area contributed by atoms with Crippen molar-refractivity contribution >= 4 is 0 Å². The average molecular weight is 59.0 g/mol. The predicted octanol–water partition coefficient (Wildman–Crippen LogP) is -0.665. The molecule has 1 N–H and O–H groups in total. The average Bonchev–Trinajstić information content (AvgIpc) is 1.37. The smallest absolute Gasteiger partial charge is 0.0190 e. The van der Waals surface area contributed by atoms with Crippen molar-refractivity contribution < 1.29 is 5.11 Å². The first-order valence-corrected chi connectivity index (χ1v) is 0.829. The molecule has 0 fully saturated rings. The van der Waals surface area contributed by atoms with Crippen LogP contribution in [0.5, 0.6) is 0 Å². The third kappa shape index (κ3) is 1.56. The molecule has 0 unspecified atom stereocenters. The van der Waals surface area contributed by atoms with E-state index in [1.54, 1.807) is 0 Å². The van der Waals surface area contributed by atoms with Crippen LogP contribution in [-0.2, 0) is 0 Å². The van der Waals surface area contributed by atoms with E-state index in [0.717, 1.165) is 0 Å². The van der Waals surface area contributed by atoms with Gasteiger partial charge in [0.05, 0.1) is 0 Å². The standard InChI is InChI=1S/CH3N2O/c2-3-1-4/h2H,1H2/q-1. The van der Waals surface area contributed by atoms with Gasteiger partial charge in [-0.3, -0.25) is 0 Å². The van der Waals surface area contributed by atoms with Gasteiger partial charge in [0.25, 0.3) is 0 Å². The highest BCUT2D eigenvalue weighted by atomic mass is 16.3. The van der Waals surface area contributed by atoms with Crippen molar-refractivity contribution in [1.29, 1.82) is 5.53 Å². The molecule has 3 heteroatoms. The van der Waals surface area contributed by atoms with Gasteiger partial charge in [0.2, 0.25) is 0 Å². The van der Waals surface area contributed by atoms with E-state index in [0.29, 0.717) is 0 Å². The molecule has 0 aliphatic carbocycles. The summed E-state index contributed by atoms with van der Waals surface area (Å²) < 4.78 is 0. The summed E-state index contributed by atoms with van der Waals surface area (Å²) in [7, 11) is 0. The van der Waals surface area contributed by atoms with Crippen LogP contribution in [-0.4, -0.2) is 6.73 Å². The van der Waals surface area contributed by atoms with Gasteiger partial charge >= 0.3 is 0 Å². The van der Waals surface area contributed by atoms with Gasteiger partial charge in [-0.2, -0.15) is 0 Å².